The number of hydrogen-bond acceptors (Lipinski definition) is 4. The van der Waals surface area contributed by atoms with Gasteiger partial charge in [0.1, 0.15) is 18.2 Å². The fourth-order valence-corrected chi connectivity index (χ4v) is 5.36. The molecule has 1 fully saturated rings. The van der Waals surface area contributed by atoms with Crippen molar-refractivity contribution in [1.29, 1.82) is 0 Å². The zero-order chi connectivity index (χ0) is 25.2. The Morgan fingerprint density at radius 3 is 2.20 bits per heavy atom. The third-order valence-electron chi connectivity index (χ3n) is 7.74. The molecular weight excluding hydrogens is 444 g/mol. The van der Waals surface area contributed by atoms with Crippen molar-refractivity contribution in [3.8, 4) is 11.1 Å². The minimum atomic E-state index is -1.25. The highest BCUT2D eigenvalue weighted by molar-refractivity contribution is 5.92. The van der Waals surface area contributed by atoms with Crippen LogP contribution in [0, 0.1) is 5.92 Å². The Hall–Kier alpha value is -3.35. The summed E-state index contributed by atoms with van der Waals surface area (Å²) in [6.45, 7) is 6.00. The molecule has 35 heavy (non-hydrogen) atoms. The van der Waals surface area contributed by atoms with E-state index in [4.69, 9.17) is 4.74 Å². The van der Waals surface area contributed by atoms with Crippen molar-refractivity contribution in [2.24, 2.45) is 5.92 Å². The van der Waals surface area contributed by atoms with Crippen molar-refractivity contribution in [2.45, 2.75) is 64.0 Å². The number of nitrogens with one attached hydrogen (secondary N) is 1. The number of carboxylic acids is 1. The average Bonchev–Trinajstić information content (AvgIpc) is 3.20. The molecule has 2 aliphatic rings. The average molecular weight is 479 g/mol. The first-order valence-corrected chi connectivity index (χ1v) is 12.5. The predicted molar refractivity (Wildman–Crippen MR) is 133 cm³/mol. The number of likely N-dealkylation sites (tertiary alicyclic amines) is 1. The maximum absolute atomic E-state index is 13.5. The maximum atomic E-state index is 13.5. The standard InChI is InChI=1S/C28H34N2O5/c1-4-18-14-15-30(24(16-18)25(31)32)26(33)28(3,5-2)29-27(34)35-17-23-21-12-8-6-10-19(21)20-11-7-9-13-22(20)23/h6-13,18,23-24H,4-5,14-17H2,1-3H3,(H,29,34)(H,31,32). The largest absolute Gasteiger partial charge is 0.480 e. The summed E-state index contributed by atoms with van der Waals surface area (Å²) in [6, 6.07) is 15.3. The molecule has 0 spiro atoms. The van der Waals surface area contributed by atoms with E-state index in [9.17, 15) is 19.5 Å². The molecule has 0 bridgehead atoms. The molecule has 7 heteroatoms. The summed E-state index contributed by atoms with van der Waals surface area (Å²) in [5.74, 6) is -1.18. The van der Waals surface area contributed by atoms with Crippen LogP contribution in [-0.4, -0.2) is 52.7 Å². The Kier molecular flexibility index (Phi) is 7.15. The monoisotopic (exact) mass is 478 g/mol. The quantitative estimate of drug-likeness (QED) is 0.596. The third-order valence-corrected chi connectivity index (χ3v) is 7.74. The number of ether oxygens (including phenoxy) is 1. The van der Waals surface area contributed by atoms with E-state index in [1.807, 2.05) is 43.3 Å². The van der Waals surface area contributed by atoms with Crippen LogP contribution in [0.15, 0.2) is 48.5 Å². The molecule has 3 unspecified atom stereocenters. The van der Waals surface area contributed by atoms with Crippen molar-refractivity contribution < 1.29 is 24.2 Å². The predicted octanol–water partition coefficient (Wildman–Crippen LogP) is 4.80. The number of amides is 2. The number of carboxylic acid groups (broad SMARTS) is 1. The van der Waals surface area contributed by atoms with E-state index in [1.165, 1.54) is 4.90 Å². The van der Waals surface area contributed by atoms with E-state index in [0.717, 1.165) is 35.1 Å². The van der Waals surface area contributed by atoms with Gasteiger partial charge in [-0.05, 0) is 54.4 Å². The number of benzene rings is 2. The van der Waals surface area contributed by atoms with Gasteiger partial charge in [-0.15, -0.1) is 0 Å². The number of piperidine rings is 1. The molecule has 2 aromatic carbocycles. The lowest BCUT2D eigenvalue weighted by Gasteiger charge is -2.41. The summed E-state index contributed by atoms with van der Waals surface area (Å²) in [7, 11) is 0. The fourth-order valence-electron chi connectivity index (χ4n) is 5.36. The van der Waals surface area contributed by atoms with Gasteiger partial charge in [0, 0.05) is 12.5 Å². The minimum absolute atomic E-state index is 0.0822. The van der Waals surface area contributed by atoms with Crippen LogP contribution in [0.1, 0.15) is 63.5 Å². The van der Waals surface area contributed by atoms with Gasteiger partial charge in [-0.1, -0.05) is 68.8 Å². The van der Waals surface area contributed by atoms with Gasteiger partial charge in [0.25, 0.3) is 0 Å². The van der Waals surface area contributed by atoms with E-state index < -0.39 is 23.6 Å². The molecule has 1 aliphatic heterocycles. The molecule has 1 aliphatic carbocycles. The molecule has 2 aromatic rings. The summed E-state index contributed by atoms with van der Waals surface area (Å²) in [5.41, 5.74) is 3.24. The first-order chi connectivity index (χ1) is 16.8. The highest BCUT2D eigenvalue weighted by atomic mass is 16.5. The summed E-state index contributed by atoms with van der Waals surface area (Å²) in [6.07, 6.45) is 1.71. The van der Waals surface area contributed by atoms with Gasteiger partial charge < -0.3 is 20.1 Å². The maximum Gasteiger partial charge on any atom is 0.408 e. The number of aliphatic carboxylic acids is 1. The Morgan fingerprint density at radius 1 is 1.06 bits per heavy atom. The van der Waals surface area contributed by atoms with Gasteiger partial charge >= 0.3 is 12.1 Å². The Balaban J connectivity index is 1.45. The van der Waals surface area contributed by atoms with Crippen LogP contribution >= 0.6 is 0 Å². The number of fused-ring (bicyclic) bond motifs is 3. The number of hydrogen-bond donors (Lipinski definition) is 2. The second-order valence-corrected chi connectivity index (χ2v) is 9.79. The van der Waals surface area contributed by atoms with E-state index >= 15 is 0 Å². The van der Waals surface area contributed by atoms with E-state index in [-0.39, 0.29) is 24.3 Å². The van der Waals surface area contributed by atoms with Crippen LogP contribution in [0.4, 0.5) is 4.79 Å². The van der Waals surface area contributed by atoms with E-state index in [1.54, 1.807) is 13.8 Å². The molecule has 1 heterocycles. The third kappa shape index (κ3) is 4.77. The molecule has 4 rings (SSSR count). The topological polar surface area (TPSA) is 95.9 Å². The van der Waals surface area contributed by atoms with Crippen LogP contribution in [0.25, 0.3) is 11.1 Å². The molecule has 0 aromatic heterocycles. The van der Waals surface area contributed by atoms with Crippen molar-refractivity contribution in [2.75, 3.05) is 13.2 Å². The molecule has 0 radical (unpaired) electrons. The lowest BCUT2D eigenvalue weighted by molar-refractivity contribution is -0.156. The minimum Gasteiger partial charge on any atom is -0.480 e. The van der Waals surface area contributed by atoms with Crippen LogP contribution in [-0.2, 0) is 14.3 Å². The van der Waals surface area contributed by atoms with Gasteiger partial charge in [0.15, 0.2) is 0 Å². The van der Waals surface area contributed by atoms with Gasteiger partial charge in [-0.2, -0.15) is 0 Å². The van der Waals surface area contributed by atoms with Gasteiger partial charge in [-0.25, -0.2) is 9.59 Å². The number of carbonyl (C=O) groups is 3. The molecule has 3 atom stereocenters. The highest BCUT2D eigenvalue weighted by Crippen LogP contribution is 2.44. The number of rotatable bonds is 7. The normalized spacial score (nSPS) is 20.9. The summed E-state index contributed by atoms with van der Waals surface area (Å²) < 4.78 is 5.65. The van der Waals surface area contributed by atoms with Crippen molar-refractivity contribution >= 4 is 18.0 Å². The Bertz CT molecular complexity index is 1070. The molecule has 0 saturated carbocycles. The summed E-state index contributed by atoms with van der Waals surface area (Å²) in [4.78, 5) is 39.7. The summed E-state index contributed by atoms with van der Waals surface area (Å²) in [5, 5.41) is 12.5. The van der Waals surface area contributed by atoms with Crippen LogP contribution < -0.4 is 5.32 Å². The van der Waals surface area contributed by atoms with Crippen LogP contribution in [0.2, 0.25) is 0 Å². The summed E-state index contributed by atoms with van der Waals surface area (Å²) >= 11 is 0. The fraction of sp³-hybridized carbons (Fsp3) is 0.464. The first-order valence-electron chi connectivity index (χ1n) is 12.5. The molecule has 2 N–H and O–H groups in total. The first kappa shape index (κ1) is 24.8. The van der Waals surface area contributed by atoms with E-state index in [2.05, 4.69) is 17.4 Å². The van der Waals surface area contributed by atoms with Crippen LogP contribution in [0.5, 0.6) is 0 Å². The van der Waals surface area contributed by atoms with Gasteiger partial charge in [0.2, 0.25) is 5.91 Å². The SMILES string of the molecule is CCC1CCN(C(=O)C(C)(CC)NC(=O)OCC2c3ccccc3-c3ccccc32)C(C(=O)O)C1. The second-order valence-electron chi connectivity index (χ2n) is 9.79. The zero-order valence-electron chi connectivity index (χ0n) is 20.6. The molecule has 2 amide bonds. The second kappa shape index (κ2) is 10.1. The zero-order valence-corrected chi connectivity index (χ0v) is 20.6. The van der Waals surface area contributed by atoms with Crippen molar-refractivity contribution in [1.82, 2.24) is 10.2 Å². The Morgan fingerprint density at radius 2 is 1.66 bits per heavy atom. The number of nitrogens with zero attached hydrogens (tertiary/aromatic N) is 1. The van der Waals surface area contributed by atoms with Crippen molar-refractivity contribution in [3.05, 3.63) is 59.7 Å². The molecule has 1 saturated heterocycles. The molecule has 7 nitrogen and oxygen atoms in total. The van der Waals surface area contributed by atoms with Gasteiger partial charge in [-0.3, -0.25) is 4.79 Å². The molecule has 186 valence electrons. The number of alkyl carbamates (subject to hydrolysis) is 1. The molecular formula is C28H34N2O5. The lowest BCUT2D eigenvalue weighted by Crippen LogP contribution is -2.62. The number of carbonyl (C=O) groups excluding carboxylic acids is 2. The van der Waals surface area contributed by atoms with Crippen LogP contribution in [0.3, 0.4) is 0 Å². The lowest BCUT2D eigenvalue weighted by atomic mass is 9.86. The van der Waals surface area contributed by atoms with Crippen molar-refractivity contribution in [3.63, 3.8) is 0 Å². The highest BCUT2D eigenvalue weighted by Gasteiger charge is 2.44. The van der Waals surface area contributed by atoms with E-state index in [0.29, 0.717) is 19.4 Å². The Labute approximate surface area is 206 Å². The smallest absolute Gasteiger partial charge is 0.408 e. The van der Waals surface area contributed by atoms with Gasteiger partial charge in [0.05, 0.1) is 0 Å².